The van der Waals surface area contributed by atoms with E-state index in [2.05, 4.69) is 11.9 Å². The average molecular weight is 656 g/mol. The fraction of sp³-hybridized carbons (Fsp3) is 0.324. The first-order valence-electron chi connectivity index (χ1n) is 14.7. The van der Waals surface area contributed by atoms with Crippen molar-refractivity contribution in [2.75, 3.05) is 19.7 Å². The second kappa shape index (κ2) is 13.2. The Kier molecular flexibility index (Phi) is 9.55. The smallest absolute Gasteiger partial charge is 0.416 e. The van der Waals surface area contributed by atoms with Crippen molar-refractivity contribution in [2.45, 2.75) is 46.7 Å². The minimum Gasteiger partial charge on any atom is -0.492 e. The maximum Gasteiger partial charge on any atom is 0.416 e. The number of likely N-dealkylation sites (tertiary alicyclic amines) is 1. The van der Waals surface area contributed by atoms with Gasteiger partial charge in [0.05, 0.1) is 40.4 Å². The molecule has 0 N–H and O–H groups in total. The van der Waals surface area contributed by atoms with Gasteiger partial charge in [0, 0.05) is 29.1 Å². The van der Waals surface area contributed by atoms with Crippen molar-refractivity contribution in [3.8, 4) is 33.3 Å². The van der Waals surface area contributed by atoms with E-state index < -0.39 is 17.3 Å². The van der Waals surface area contributed by atoms with Gasteiger partial charge in [-0.15, -0.1) is 11.3 Å². The van der Waals surface area contributed by atoms with Gasteiger partial charge in [0.15, 0.2) is 0 Å². The number of alkyl halides is 3. The van der Waals surface area contributed by atoms with E-state index in [4.69, 9.17) is 16.3 Å². The van der Waals surface area contributed by atoms with Crippen molar-refractivity contribution < 1.29 is 22.7 Å². The topological polar surface area (TPSA) is 64.4 Å². The molecule has 1 saturated heterocycles. The second-order valence-electron chi connectivity index (χ2n) is 11.4. The lowest BCUT2D eigenvalue weighted by molar-refractivity contribution is -0.137. The highest BCUT2D eigenvalue weighted by Gasteiger charge is 2.31. The van der Waals surface area contributed by atoms with Gasteiger partial charge in [-0.05, 0) is 82.0 Å². The third-order valence-electron chi connectivity index (χ3n) is 7.54. The van der Waals surface area contributed by atoms with Crippen molar-refractivity contribution >= 4 is 34.9 Å². The summed E-state index contributed by atoms with van der Waals surface area (Å²) in [4.78, 5) is 35.2. The van der Waals surface area contributed by atoms with Gasteiger partial charge >= 0.3 is 6.18 Å². The molecule has 6 nitrogen and oxygen atoms in total. The number of benzene rings is 2. The predicted molar refractivity (Wildman–Crippen MR) is 173 cm³/mol. The van der Waals surface area contributed by atoms with Crippen LogP contribution in [0.5, 0.6) is 5.75 Å². The van der Waals surface area contributed by atoms with Crippen molar-refractivity contribution in [3.05, 3.63) is 91.7 Å². The molecule has 0 radical (unpaired) electrons. The summed E-state index contributed by atoms with van der Waals surface area (Å²) in [6.07, 6.45) is -0.748. The lowest BCUT2D eigenvalue weighted by Crippen LogP contribution is -2.40. The van der Waals surface area contributed by atoms with Gasteiger partial charge in [-0.3, -0.25) is 14.2 Å². The van der Waals surface area contributed by atoms with E-state index in [-0.39, 0.29) is 11.5 Å². The molecule has 0 bridgehead atoms. The fourth-order valence-electron chi connectivity index (χ4n) is 5.46. The number of ether oxygens (including phenoxy) is 1. The number of thiazole rings is 1. The maximum atomic E-state index is 14.5. The number of rotatable bonds is 7. The van der Waals surface area contributed by atoms with Crippen molar-refractivity contribution in [1.29, 1.82) is 0 Å². The Balaban J connectivity index is 1.75. The van der Waals surface area contributed by atoms with Crippen LogP contribution in [0.4, 0.5) is 13.2 Å². The highest BCUT2D eigenvalue weighted by molar-refractivity contribution is 7.13. The maximum absolute atomic E-state index is 14.5. The highest BCUT2D eigenvalue weighted by atomic mass is 35.5. The van der Waals surface area contributed by atoms with Crippen LogP contribution in [-0.4, -0.2) is 40.1 Å². The molecule has 2 aromatic heterocycles. The van der Waals surface area contributed by atoms with E-state index in [9.17, 15) is 22.8 Å². The minimum atomic E-state index is -4.46. The number of carbonyl (C=O) groups is 1. The van der Waals surface area contributed by atoms with Gasteiger partial charge in [0.25, 0.3) is 11.5 Å². The number of hydrogen-bond acceptors (Lipinski definition) is 5. The minimum absolute atomic E-state index is 0.180. The van der Waals surface area contributed by atoms with Crippen LogP contribution in [0.2, 0.25) is 5.02 Å². The van der Waals surface area contributed by atoms with Gasteiger partial charge < -0.3 is 9.64 Å². The standard InChI is InChI=1S/C34H33ClF3N3O3S/c1-5-44-30-13-12-24(35)16-29(30)41-28(15-20(2)3)25(32(42)40-14-6-7-21(4)18-40)17-26(33(41)43)31-39-27(19-45-31)22-8-10-23(11-9-22)34(36,37)38/h8-13,15-17,19,21H,5-7,14,18H2,1-4H3/t21-/m1/s1. The number of halogens is 4. The van der Waals surface area contributed by atoms with E-state index in [1.54, 1.807) is 35.7 Å². The van der Waals surface area contributed by atoms with Gasteiger partial charge in [0.2, 0.25) is 0 Å². The summed E-state index contributed by atoms with van der Waals surface area (Å²) >= 11 is 7.62. The van der Waals surface area contributed by atoms with Crippen LogP contribution >= 0.6 is 22.9 Å². The normalized spacial score (nSPS) is 15.2. The summed E-state index contributed by atoms with van der Waals surface area (Å²) in [5, 5.41) is 2.39. The van der Waals surface area contributed by atoms with Gasteiger partial charge in [-0.2, -0.15) is 13.2 Å². The average Bonchev–Trinajstić information content (AvgIpc) is 3.48. The summed E-state index contributed by atoms with van der Waals surface area (Å²) in [5.41, 5.74) is 1.84. The van der Waals surface area contributed by atoms with E-state index in [0.717, 1.165) is 30.5 Å². The molecule has 3 heterocycles. The lowest BCUT2D eigenvalue weighted by atomic mass is 9.98. The zero-order chi connectivity index (χ0) is 32.5. The molecule has 1 atom stereocenters. The quantitative estimate of drug-likeness (QED) is 0.199. The first-order valence-corrected chi connectivity index (χ1v) is 15.9. The molecular formula is C34H33ClF3N3O3S. The number of carbonyl (C=O) groups excluding carboxylic acids is 1. The van der Waals surface area contributed by atoms with Crippen LogP contribution in [-0.2, 0) is 6.18 Å². The number of pyridine rings is 1. The molecule has 1 aliphatic heterocycles. The van der Waals surface area contributed by atoms with Crippen LogP contribution in [0.15, 0.2) is 64.3 Å². The van der Waals surface area contributed by atoms with Crippen molar-refractivity contribution in [3.63, 3.8) is 0 Å². The Hall–Kier alpha value is -3.89. The van der Waals surface area contributed by atoms with Crippen LogP contribution < -0.4 is 10.3 Å². The molecule has 11 heteroatoms. The Morgan fingerprint density at radius 3 is 2.53 bits per heavy atom. The summed E-state index contributed by atoms with van der Waals surface area (Å²) in [6, 6.07) is 11.3. The molecular weight excluding hydrogens is 623 g/mol. The molecule has 0 aliphatic carbocycles. The second-order valence-corrected chi connectivity index (χ2v) is 12.7. The summed E-state index contributed by atoms with van der Waals surface area (Å²) in [7, 11) is 0. The van der Waals surface area contributed by atoms with Crippen LogP contribution in [0.25, 0.3) is 33.6 Å². The summed E-state index contributed by atoms with van der Waals surface area (Å²) in [6.45, 7) is 9.25. The molecule has 4 aromatic rings. The first kappa shape index (κ1) is 32.5. The van der Waals surface area contributed by atoms with Gasteiger partial charge in [0.1, 0.15) is 10.8 Å². The zero-order valence-corrected chi connectivity index (χ0v) is 26.9. The number of hydrogen-bond donors (Lipinski definition) is 0. The number of aromatic nitrogens is 2. The van der Waals surface area contributed by atoms with Crippen molar-refractivity contribution in [2.24, 2.45) is 5.92 Å². The summed E-state index contributed by atoms with van der Waals surface area (Å²) in [5.74, 6) is 0.547. The SMILES string of the molecule is CCOc1ccc(Cl)cc1-n1c(C=C(C)C)c(C(=O)N2CCC[C@@H](C)C2)cc(-c2nc(-c3ccc(C(F)(F)F)cc3)cs2)c1=O. The van der Waals surface area contributed by atoms with Gasteiger partial charge in [-0.1, -0.05) is 36.2 Å². The Labute approximate surface area is 268 Å². The largest absolute Gasteiger partial charge is 0.492 e. The molecule has 0 unspecified atom stereocenters. The zero-order valence-electron chi connectivity index (χ0n) is 25.4. The molecule has 236 valence electrons. The molecule has 2 aromatic carbocycles. The molecule has 1 fully saturated rings. The molecule has 1 aliphatic rings. The molecule has 45 heavy (non-hydrogen) atoms. The van der Waals surface area contributed by atoms with Crippen LogP contribution in [0.3, 0.4) is 0 Å². The fourth-order valence-corrected chi connectivity index (χ4v) is 6.46. The van der Waals surface area contributed by atoms with E-state index in [1.807, 2.05) is 25.7 Å². The van der Waals surface area contributed by atoms with E-state index >= 15 is 0 Å². The summed E-state index contributed by atoms with van der Waals surface area (Å²) < 4.78 is 46.8. The molecule has 5 rings (SSSR count). The number of amides is 1. The van der Waals surface area contributed by atoms with E-state index in [0.29, 0.717) is 69.6 Å². The molecule has 0 saturated carbocycles. The van der Waals surface area contributed by atoms with Gasteiger partial charge in [-0.25, -0.2) is 4.98 Å². The lowest BCUT2D eigenvalue weighted by Gasteiger charge is -2.32. The molecule has 0 spiro atoms. The van der Waals surface area contributed by atoms with Crippen LogP contribution in [0.1, 0.15) is 62.2 Å². The Morgan fingerprint density at radius 2 is 1.89 bits per heavy atom. The van der Waals surface area contributed by atoms with Crippen LogP contribution in [0, 0.1) is 5.92 Å². The predicted octanol–water partition coefficient (Wildman–Crippen LogP) is 8.99. The highest BCUT2D eigenvalue weighted by Crippen LogP contribution is 2.35. The van der Waals surface area contributed by atoms with Crippen molar-refractivity contribution in [1.82, 2.24) is 14.5 Å². The number of allylic oxidation sites excluding steroid dienone is 1. The van der Waals surface area contributed by atoms with E-state index in [1.165, 1.54) is 28.0 Å². The third kappa shape index (κ3) is 7.02. The first-order chi connectivity index (χ1) is 21.4. The molecule has 1 amide bonds. The Morgan fingerprint density at radius 1 is 1.16 bits per heavy atom. The monoisotopic (exact) mass is 655 g/mol. The third-order valence-corrected chi connectivity index (χ3v) is 8.65. The Bertz CT molecular complexity index is 1810. The number of nitrogens with zero attached hydrogens (tertiary/aromatic N) is 3. The number of piperidine rings is 1.